The fourth-order valence-corrected chi connectivity index (χ4v) is 2.40. The molecule has 27 heavy (non-hydrogen) atoms. The molecule has 2 aromatic rings. The highest BCUT2D eigenvalue weighted by Gasteiger charge is 2.10. The van der Waals surface area contributed by atoms with Gasteiger partial charge in [-0.3, -0.25) is 4.79 Å². The molecule has 1 amide bonds. The van der Waals surface area contributed by atoms with Gasteiger partial charge in [0.25, 0.3) is 5.91 Å². The van der Waals surface area contributed by atoms with Crippen molar-refractivity contribution in [3.8, 4) is 29.9 Å². The molecular formula is C21H17ClN2O3. The Morgan fingerprint density at radius 2 is 2.00 bits per heavy atom. The number of ether oxygens (including phenoxy) is 2. The lowest BCUT2D eigenvalue weighted by molar-refractivity contribution is -0.112. The number of nitrogens with zero attached hydrogens (tertiary/aromatic N) is 1. The number of amides is 1. The Labute approximate surface area is 163 Å². The Morgan fingerprint density at radius 3 is 2.59 bits per heavy atom. The molecule has 0 saturated carbocycles. The smallest absolute Gasteiger partial charge is 0.266 e. The number of hydrogen-bond donors (Lipinski definition) is 1. The number of terminal acetylenes is 1. The topological polar surface area (TPSA) is 71.3 Å². The maximum Gasteiger partial charge on any atom is 0.266 e. The molecule has 0 radical (unpaired) electrons. The summed E-state index contributed by atoms with van der Waals surface area (Å²) in [5.74, 6) is 2.97. The molecule has 5 nitrogen and oxygen atoms in total. The highest BCUT2D eigenvalue weighted by Crippen LogP contribution is 2.26. The largest absolute Gasteiger partial charge is 0.494 e. The third-order valence-electron chi connectivity index (χ3n) is 3.37. The molecule has 0 aromatic heterocycles. The van der Waals surface area contributed by atoms with Crippen LogP contribution in [0.1, 0.15) is 12.5 Å². The van der Waals surface area contributed by atoms with Crippen molar-refractivity contribution in [2.75, 3.05) is 18.5 Å². The van der Waals surface area contributed by atoms with Gasteiger partial charge in [-0.1, -0.05) is 23.6 Å². The van der Waals surface area contributed by atoms with Gasteiger partial charge in [-0.2, -0.15) is 5.26 Å². The second-order valence-corrected chi connectivity index (χ2v) is 5.67. The predicted molar refractivity (Wildman–Crippen MR) is 106 cm³/mol. The molecule has 2 aromatic carbocycles. The van der Waals surface area contributed by atoms with Crippen molar-refractivity contribution in [3.05, 3.63) is 58.6 Å². The van der Waals surface area contributed by atoms with E-state index in [1.54, 1.807) is 42.5 Å². The van der Waals surface area contributed by atoms with Gasteiger partial charge in [0.15, 0.2) is 0 Å². The molecule has 0 bridgehead atoms. The van der Waals surface area contributed by atoms with Crippen LogP contribution in [-0.4, -0.2) is 19.1 Å². The van der Waals surface area contributed by atoms with Crippen molar-refractivity contribution in [1.29, 1.82) is 5.26 Å². The van der Waals surface area contributed by atoms with E-state index < -0.39 is 5.91 Å². The van der Waals surface area contributed by atoms with Gasteiger partial charge in [-0.25, -0.2) is 0 Å². The van der Waals surface area contributed by atoms with Gasteiger partial charge in [0.05, 0.1) is 11.6 Å². The highest BCUT2D eigenvalue weighted by molar-refractivity contribution is 6.32. The number of nitriles is 1. The van der Waals surface area contributed by atoms with Crippen molar-refractivity contribution in [2.24, 2.45) is 0 Å². The minimum absolute atomic E-state index is 0.0581. The number of carbonyl (C=O) groups excluding carboxylic acids is 1. The summed E-state index contributed by atoms with van der Waals surface area (Å²) in [5.41, 5.74) is 1.09. The Kier molecular flexibility index (Phi) is 7.31. The number of anilines is 1. The third-order valence-corrected chi connectivity index (χ3v) is 3.66. The van der Waals surface area contributed by atoms with E-state index in [-0.39, 0.29) is 12.2 Å². The van der Waals surface area contributed by atoms with Gasteiger partial charge in [0.2, 0.25) is 0 Å². The molecule has 0 aliphatic carbocycles. The van der Waals surface area contributed by atoms with Gasteiger partial charge in [0, 0.05) is 5.69 Å². The number of nitrogens with one attached hydrogen (secondary N) is 1. The van der Waals surface area contributed by atoms with Crippen molar-refractivity contribution in [2.45, 2.75) is 6.92 Å². The van der Waals surface area contributed by atoms with E-state index >= 15 is 0 Å². The fourth-order valence-electron chi connectivity index (χ4n) is 2.16. The van der Waals surface area contributed by atoms with E-state index in [1.807, 2.05) is 13.0 Å². The molecule has 6 heteroatoms. The lowest BCUT2D eigenvalue weighted by Gasteiger charge is -2.07. The van der Waals surface area contributed by atoms with Crippen LogP contribution in [0.15, 0.2) is 48.0 Å². The Bertz CT molecular complexity index is 922. The van der Waals surface area contributed by atoms with Crippen LogP contribution in [0.3, 0.4) is 0 Å². The number of benzene rings is 2. The van der Waals surface area contributed by atoms with Crippen molar-refractivity contribution in [1.82, 2.24) is 0 Å². The first kappa shape index (κ1) is 19.9. The summed E-state index contributed by atoms with van der Waals surface area (Å²) in [4.78, 5) is 12.3. The molecule has 0 aliphatic heterocycles. The van der Waals surface area contributed by atoms with Crippen LogP contribution in [0.5, 0.6) is 11.5 Å². The first-order valence-corrected chi connectivity index (χ1v) is 8.47. The average Bonchev–Trinajstić information content (AvgIpc) is 2.67. The van der Waals surface area contributed by atoms with Gasteiger partial charge < -0.3 is 14.8 Å². The molecule has 0 saturated heterocycles. The quantitative estimate of drug-likeness (QED) is 0.441. The SMILES string of the molecule is C#CCOc1ccc(/C=C(\C#N)C(=O)Nc2ccc(OCC)cc2)cc1Cl. The summed E-state index contributed by atoms with van der Waals surface area (Å²) in [6.07, 6.45) is 6.59. The first-order valence-electron chi connectivity index (χ1n) is 8.09. The van der Waals surface area contributed by atoms with Crippen molar-refractivity contribution < 1.29 is 14.3 Å². The average molecular weight is 381 g/mol. The van der Waals surface area contributed by atoms with Gasteiger partial charge in [-0.15, -0.1) is 6.42 Å². The zero-order valence-electron chi connectivity index (χ0n) is 14.7. The molecule has 0 fully saturated rings. The zero-order valence-corrected chi connectivity index (χ0v) is 15.4. The van der Waals surface area contributed by atoms with Crippen LogP contribution in [0.25, 0.3) is 6.08 Å². The molecule has 1 N–H and O–H groups in total. The summed E-state index contributed by atoms with van der Waals surface area (Å²) < 4.78 is 10.6. The summed E-state index contributed by atoms with van der Waals surface area (Å²) in [6, 6.07) is 13.7. The van der Waals surface area contributed by atoms with Crippen LogP contribution in [0.4, 0.5) is 5.69 Å². The summed E-state index contributed by atoms with van der Waals surface area (Å²) in [5, 5.41) is 12.3. The minimum Gasteiger partial charge on any atom is -0.494 e. The Balaban J connectivity index is 2.13. The Hall–Kier alpha value is -3.41. The van der Waals surface area contributed by atoms with E-state index in [9.17, 15) is 10.1 Å². The maximum atomic E-state index is 12.3. The second kappa shape index (κ2) is 9.91. The van der Waals surface area contributed by atoms with Crippen LogP contribution in [-0.2, 0) is 4.79 Å². The monoisotopic (exact) mass is 380 g/mol. The molecule has 2 rings (SSSR count). The van der Waals surface area contributed by atoms with Crippen LogP contribution >= 0.6 is 11.6 Å². The number of hydrogen-bond acceptors (Lipinski definition) is 4. The molecule has 136 valence electrons. The van der Waals surface area contributed by atoms with Crippen LogP contribution in [0, 0.1) is 23.7 Å². The van der Waals surface area contributed by atoms with E-state index in [0.717, 1.165) is 0 Å². The standard InChI is InChI=1S/C21H17ClN2O3/c1-3-11-27-20-10-5-15(13-19(20)22)12-16(14-23)21(25)24-17-6-8-18(9-7-17)26-4-2/h1,5-10,12-13H,4,11H2,2H3,(H,24,25)/b16-12+. The highest BCUT2D eigenvalue weighted by atomic mass is 35.5. The summed E-state index contributed by atoms with van der Waals surface area (Å²) in [7, 11) is 0. The van der Waals surface area contributed by atoms with Crippen LogP contribution in [0.2, 0.25) is 5.02 Å². The predicted octanol–water partition coefficient (Wildman–Crippen LogP) is 4.30. The lowest BCUT2D eigenvalue weighted by atomic mass is 10.1. The number of carbonyl (C=O) groups is 1. The van der Waals surface area contributed by atoms with Crippen molar-refractivity contribution >= 4 is 29.3 Å². The van der Waals surface area contributed by atoms with Crippen molar-refractivity contribution in [3.63, 3.8) is 0 Å². The molecular weight excluding hydrogens is 364 g/mol. The van der Waals surface area contributed by atoms with E-state index in [2.05, 4.69) is 11.2 Å². The van der Waals surface area contributed by atoms with Crippen LogP contribution < -0.4 is 14.8 Å². The summed E-state index contributed by atoms with van der Waals surface area (Å²) in [6.45, 7) is 2.55. The lowest BCUT2D eigenvalue weighted by Crippen LogP contribution is -2.13. The van der Waals surface area contributed by atoms with Gasteiger partial charge in [-0.05, 0) is 55.0 Å². The Morgan fingerprint density at radius 1 is 1.26 bits per heavy atom. The van der Waals surface area contributed by atoms with E-state index in [4.69, 9.17) is 27.5 Å². The molecule has 0 heterocycles. The van der Waals surface area contributed by atoms with Gasteiger partial charge in [0.1, 0.15) is 29.7 Å². The molecule has 0 atom stereocenters. The minimum atomic E-state index is -0.523. The molecule has 0 aliphatic rings. The fraction of sp³-hybridized carbons (Fsp3) is 0.143. The summed E-state index contributed by atoms with van der Waals surface area (Å²) >= 11 is 6.12. The van der Waals surface area contributed by atoms with Gasteiger partial charge >= 0.3 is 0 Å². The maximum absolute atomic E-state index is 12.3. The van der Waals surface area contributed by atoms with E-state index in [1.165, 1.54) is 6.08 Å². The first-order chi connectivity index (χ1) is 13.1. The van der Waals surface area contributed by atoms with E-state index in [0.29, 0.717) is 34.4 Å². The third kappa shape index (κ3) is 5.81. The number of halogens is 1. The normalized spacial score (nSPS) is 10.4. The number of rotatable bonds is 7. The second-order valence-electron chi connectivity index (χ2n) is 5.26. The zero-order chi connectivity index (χ0) is 19.6. The molecule has 0 spiro atoms. The molecule has 0 unspecified atom stereocenters.